The van der Waals surface area contributed by atoms with Crippen LogP contribution in [-0.2, 0) is 24.3 Å². The van der Waals surface area contributed by atoms with Crippen molar-refractivity contribution in [3.05, 3.63) is 64.1 Å². The van der Waals surface area contributed by atoms with Crippen LogP contribution in [0, 0.1) is 0 Å². The SMILES string of the molecule is COc1cccc(CC(=O)NCCn2cc(C(=O)NCc3cccs3)nn2)c1. The standard InChI is InChI=1S/C19H21N5O3S/c1-27-15-5-2-4-14(10-15)11-18(25)20-7-8-24-13-17(22-23-24)19(26)21-12-16-6-3-9-28-16/h2-6,9-10,13H,7-8,11-12H2,1H3,(H,20,25)(H,21,26). The summed E-state index contributed by atoms with van der Waals surface area (Å²) in [5.41, 5.74) is 1.13. The molecule has 0 radical (unpaired) electrons. The van der Waals surface area contributed by atoms with E-state index in [-0.39, 0.29) is 23.9 Å². The highest BCUT2D eigenvalue weighted by Gasteiger charge is 2.11. The number of aromatic nitrogens is 3. The number of benzene rings is 1. The number of nitrogens with one attached hydrogen (secondary N) is 2. The number of methoxy groups -OCH3 is 1. The molecule has 0 unspecified atom stereocenters. The summed E-state index contributed by atoms with van der Waals surface area (Å²) in [4.78, 5) is 25.2. The number of carbonyl (C=O) groups excluding carboxylic acids is 2. The summed E-state index contributed by atoms with van der Waals surface area (Å²) in [7, 11) is 1.59. The zero-order chi connectivity index (χ0) is 19.8. The molecular formula is C19H21N5O3S. The summed E-state index contributed by atoms with van der Waals surface area (Å²) in [6, 6.07) is 11.3. The molecule has 0 fully saturated rings. The summed E-state index contributed by atoms with van der Waals surface area (Å²) in [6.07, 6.45) is 1.84. The molecule has 2 heterocycles. The minimum Gasteiger partial charge on any atom is -0.497 e. The highest BCUT2D eigenvalue weighted by molar-refractivity contribution is 7.09. The molecule has 0 aliphatic heterocycles. The molecule has 1 aromatic carbocycles. The number of hydrogen-bond acceptors (Lipinski definition) is 6. The number of hydrogen-bond donors (Lipinski definition) is 2. The van der Waals surface area contributed by atoms with Crippen molar-refractivity contribution in [3.8, 4) is 5.75 Å². The first-order valence-corrected chi connectivity index (χ1v) is 9.62. The van der Waals surface area contributed by atoms with Crippen LogP contribution >= 0.6 is 11.3 Å². The lowest BCUT2D eigenvalue weighted by Crippen LogP contribution is -2.28. The Morgan fingerprint density at radius 1 is 1.21 bits per heavy atom. The summed E-state index contributed by atoms with van der Waals surface area (Å²) >= 11 is 1.58. The van der Waals surface area contributed by atoms with Gasteiger partial charge in [0, 0.05) is 11.4 Å². The van der Waals surface area contributed by atoms with Crippen molar-refractivity contribution in [1.29, 1.82) is 0 Å². The third kappa shape index (κ3) is 5.65. The van der Waals surface area contributed by atoms with E-state index in [2.05, 4.69) is 20.9 Å². The van der Waals surface area contributed by atoms with Gasteiger partial charge in [0.05, 0.1) is 32.8 Å². The highest BCUT2D eigenvalue weighted by atomic mass is 32.1. The van der Waals surface area contributed by atoms with Crippen molar-refractivity contribution in [3.63, 3.8) is 0 Å². The van der Waals surface area contributed by atoms with Gasteiger partial charge < -0.3 is 15.4 Å². The van der Waals surface area contributed by atoms with Gasteiger partial charge in [-0.1, -0.05) is 23.4 Å². The molecule has 9 heteroatoms. The average Bonchev–Trinajstić information content (AvgIpc) is 3.38. The number of thiophene rings is 1. The Balaban J connectivity index is 1.41. The molecule has 2 N–H and O–H groups in total. The van der Waals surface area contributed by atoms with Gasteiger partial charge in [-0.05, 0) is 29.1 Å². The summed E-state index contributed by atoms with van der Waals surface area (Å²) in [5.74, 6) is 0.349. The molecule has 3 rings (SSSR count). The Morgan fingerprint density at radius 2 is 2.11 bits per heavy atom. The second-order valence-corrected chi connectivity index (χ2v) is 7.04. The predicted octanol–water partition coefficient (Wildman–Crippen LogP) is 1.64. The van der Waals surface area contributed by atoms with Crippen LogP contribution < -0.4 is 15.4 Å². The van der Waals surface area contributed by atoms with Gasteiger partial charge in [-0.2, -0.15) is 0 Å². The fourth-order valence-corrected chi connectivity index (χ4v) is 3.17. The third-order valence-electron chi connectivity index (χ3n) is 3.94. The second kappa shape index (κ2) is 9.65. The molecule has 0 aliphatic rings. The van der Waals surface area contributed by atoms with Crippen LogP contribution in [0.15, 0.2) is 48.0 Å². The summed E-state index contributed by atoms with van der Waals surface area (Å²) in [6.45, 7) is 1.28. The topological polar surface area (TPSA) is 98.1 Å². The zero-order valence-electron chi connectivity index (χ0n) is 15.4. The molecule has 3 aromatic rings. The second-order valence-electron chi connectivity index (χ2n) is 6.01. The third-order valence-corrected chi connectivity index (χ3v) is 4.81. The van der Waals surface area contributed by atoms with Crippen LogP contribution in [0.25, 0.3) is 0 Å². The minimum absolute atomic E-state index is 0.0951. The molecule has 8 nitrogen and oxygen atoms in total. The van der Waals surface area contributed by atoms with Crippen LogP contribution in [0.2, 0.25) is 0 Å². The molecule has 2 aromatic heterocycles. The van der Waals surface area contributed by atoms with Gasteiger partial charge in [0.15, 0.2) is 5.69 Å². The number of nitrogens with zero attached hydrogens (tertiary/aromatic N) is 3. The smallest absolute Gasteiger partial charge is 0.273 e. The van der Waals surface area contributed by atoms with Crippen molar-refractivity contribution in [2.45, 2.75) is 19.5 Å². The first-order valence-electron chi connectivity index (χ1n) is 8.74. The Hall–Kier alpha value is -3.20. The van der Waals surface area contributed by atoms with E-state index < -0.39 is 0 Å². The molecule has 0 bridgehead atoms. The van der Waals surface area contributed by atoms with Gasteiger partial charge in [-0.15, -0.1) is 16.4 Å². The van der Waals surface area contributed by atoms with Crippen LogP contribution in [0.5, 0.6) is 5.75 Å². The molecule has 0 saturated carbocycles. The minimum atomic E-state index is -0.276. The molecule has 0 atom stereocenters. The van der Waals surface area contributed by atoms with Gasteiger partial charge >= 0.3 is 0 Å². The maximum atomic E-state index is 12.1. The molecule has 0 saturated heterocycles. The first-order chi connectivity index (χ1) is 13.6. The number of rotatable bonds is 9. The predicted molar refractivity (Wildman–Crippen MR) is 105 cm³/mol. The Bertz CT molecular complexity index is 923. The highest BCUT2D eigenvalue weighted by Crippen LogP contribution is 2.12. The van der Waals surface area contributed by atoms with Crippen molar-refractivity contribution in [1.82, 2.24) is 25.6 Å². The van der Waals surface area contributed by atoms with Crippen molar-refractivity contribution in [2.75, 3.05) is 13.7 Å². The van der Waals surface area contributed by atoms with E-state index in [0.29, 0.717) is 19.6 Å². The first kappa shape index (κ1) is 19.6. The fraction of sp³-hybridized carbons (Fsp3) is 0.263. The molecule has 0 aliphatic carbocycles. The molecule has 146 valence electrons. The average molecular weight is 399 g/mol. The molecule has 0 spiro atoms. The summed E-state index contributed by atoms with van der Waals surface area (Å²) < 4.78 is 6.69. The molecular weight excluding hydrogens is 378 g/mol. The van der Waals surface area contributed by atoms with Crippen molar-refractivity contribution in [2.24, 2.45) is 0 Å². The lowest BCUT2D eigenvalue weighted by Gasteiger charge is -2.06. The van der Waals surface area contributed by atoms with Gasteiger partial charge in [0.25, 0.3) is 5.91 Å². The van der Waals surface area contributed by atoms with E-state index in [9.17, 15) is 9.59 Å². The molecule has 2 amide bonds. The van der Waals surface area contributed by atoms with Crippen molar-refractivity contribution >= 4 is 23.2 Å². The maximum absolute atomic E-state index is 12.1. The van der Waals surface area contributed by atoms with Crippen LogP contribution in [0.1, 0.15) is 20.9 Å². The molecule has 28 heavy (non-hydrogen) atoms. The Labute approximate surface area is 166 Å². The Morgan fingerprint density at radius 3 is 2.89 bits per heavy atom. The normalized spacial score (nSPS) is 10.5. The fourth-order valence-electron chi connectivity index (χ4n) is 2.52. The van der Waals surface area contributed by atoms with E-state index in [4.69, 9.17) is 4.74 Å². The Kier molecular flexibility index (Phi) is 6.74. The van der Waals surface area contributed by atoms with Gasteiger partial charge in [0.1, 0.15) is 5.75 Å². The van der Waals surface area contributed by atoms with E-state index >= 15 is 0 Å². The van der Waals surface area contributed by atoms with Crippen LogP contribution in [0.4, 0.5) is 0 Å². The van der Waals surface area contributed by atoms with Crippen LogP contribution in [-0.4, -0.2) is 40.5 Å². The lowest BCUT2D eigenvalue weighted by molar-refractivity contribution is -0.120. The van der Waals surface area contributed by atoms with Gasteiger partial charge in [-0.25, -0.2) is 4.68 Å². The van der Waals surface area contributed by atoms with Gasteiger partial charge in [0.2, 0.25) is 5.91 Å². The monoisotopic (exact) mass is 399 g/mol. The zero-order valence-corrected chi connectivity index (χ0v) is 16.2. The van der Waals surface area contributed by atoms with Gasteiger partial charge in [-0.3, -0.25) is 9.59 Å². The number of ether oxygens (including phenoxy) is 1. The van der Waals surface area contributed by atoms with E-state index in [1.54, 1.807) is 24.6 Å². The number of carbonyl (C=O) groups is 2. The van der Waals surface area contributed by atoms with Crippen molar-refractivity contribution < 1.29 is 14.3 Å². The summed E-state index contributed by atoms with van der Waals surface area (Å²) in [5, 5.41) is 15.4. The largest absolute Gasteiger partial charge is 0.497 e. The van der Waals surface area contributed by atoms with E-state index in [0.717, 1.165) is 16.2 Å². The van der Waals surface area contributed by atoms with E-state index in [1.807, 2.05) is 41.8 Å². The quantitative estimate of drug-likeness (QED) is 0.570. The van der Waals surface area contributed by atoms with Crippen LogP contribution in [0.3, 0.4) is 0 Å². The lowest BCUT2D eigenvalue weighted by atomic mass is 10.1. The van der Waals surface area contributed by atoms with E-state index in [1.165, 1.54) is 4.68 Å². The maximum Gasteiger partial charge on any atom is 0.273 e. The number of amides is 2.